The molecular weight excluding hydrogens is 1120 g/mol. The number of benzene rings is 4. The molecule has 462 valence electrons. The van der Waals surface area contributed by atoms with Gasteiger partial charge in [-0.15, -0.1) is 0 Å². The van der Waals surface area contributed by atoms with Crippen LogP contribution in [0.5, 0.6) is 28.7 Å². The van der Waals surface area contributed by atoms with Gasteiger partial charge in [-0.2, -0.15) is 0 Å². The van der Waals surface area contributed by atoms with Crippen molar-refractivity contribution >= 4 is 64.5 Å². The molecule has 5 atom stereocenters. The highest BCUT2D eigenvalue weighted by Gasteiger charge is 2.58. The Morgan fingerprint density at radius 3 is 1.97 bits per heavy atom. The summed E-state index contributed by atoms with van der Waals surface area (Å²) in [5, 5.41) is 20.0. The first-order valence-electron chi connectivity index (χ1n) is 29.0. The van der Waals surface area contributed by atoms with Gasteiger partial charge in [-0.1, -0.05) is 63.4 Å². The van der Waals surface area contributed by atoms with Gasteiger partial charge in [0.25, 0.3) is 11.8 Å². The van der Waals surface area contributed by atoms with Crippen LogP contribution < -0.4 is 49.4 Å². The fraction of sp³-hybridized carbons (Fsp3) is 0.422. The van der Waals surface area contributed by atoms with Crippen molar-refractivity contribution in [1.82, 2.24) is 20.4 Å². The molecule has 2 fully saturated rings. The molecule has 4 aromatic rings. The summed E-state index contributed by atoms with van der Waals surface area (Å²) in [4.78, 5) is 101. The van der Waals surface area contributed by atoms with Crippen molar-refractivity contribution in [3.63, 3.8) is 0 Å². The summed E-state index contributed by atoms with van der Waals surface area (Å²) in [5.41, 5.74) is 3.44. The Hall–Kier alpha value is -9.25. The molecule has 4 N–H and O–H groups in total. The first kappa shape index (κ1) is 62.3. The van der Waals surface area contributed by atoms with Gasteiger partial charge >= 0.3 is 18.3 Å². The van der Waals surface area contributed by atoms with Crippen LogP contribution in [0, 0.1) is 11.3 Å². The number of hydrogen-bond donors (Lipinski definition) is 4. The van der Waals surface area contributed by atoms with Crippen molar-refractivity contribution in [2.24, 2.45) is 11.3 Å². The van der Waals surface area contributed by atoms with E-state index in [0.29, 0.717) is 72.8 Å². The minimum atomic E-state index is -1.47. The molecular formula is C64H75N7O16. The van der Waals surface area contributed by atoms with E-state index in [1.807, 2.05) is 30.5 Å². The molecule has 0 aromatic heterocycles. The van der Waals surface area contributed by atoms with Crippen LogP contribution in [0.25, 0.3) is 5.57 Å². The number of fused-ring (bicyclic) bond motifs is 4. The largest absolute Gasteiger partial charge is 0.497 e. The Morgan fingerprint density at radius 1 is 0.724 bits per heavy atom. The molecule has 7 amide bonds. The van der Waals surface area contributed by atoms with E-state index in [1.54, 1.807) is 67.2 Å². The molecule has 1 saturated heterocycles. The highest BCUT2D eigenvalue weighted by Crippen LogP contribution is 2.57. The first-order valence-corrected chi connectivity index (χ1v) is 29.0. The zero-order chi connectivity index (χ0) is 62.1. The third-order valence-electron chi connectivity index (χ3n) is 16.1. The number of nitrogens with zero attached hydrogens (tertiary/aromatic N) is 4. The molecule has 1 saturated carbocycles. The third-order valence-corrected chi connectivity index (χ3v) is 16.1. The Kier molecular flexibility index (Phi) is 19.6. The predicted octanol–water partition coefficient (Wildman–Crippen LogP) is 8.59. The van der Waals surface area contributed by atoms with Crippen LogP contribution in [0.1, 0.15) is 97.6 Å². The standard InChI is InChI=1S/C64H75N7O16/c1-9-24-85-61(77)67-55(38(3)4)57(73)65-39(5)56(72)66-43-18-14-40(15-19-43)36-87-63(79)71-49-32-54(52(82-8)30-47(49)59(75)70-37-64(22-23-64)33-50(70)60(71)76)84-27-13-11-12-26-83-53-31-48-46(29-51(53)81-7)58(74)68-34-42(41-16-20-45(80-6)21-17-41)28-44(68)35-69(48)62(78)86-25-10-2/h9-10,14-21,29-32,34,38-39,44,50,55,60,76H,1-2,11-13,22-28,33,35-37H2,3-8H3,(H,65,73)(H,66,72)(H,67,77)/t39-,44-,50-,55-,60?/m0/s1. The number of amides is 7. The van der Waals surface area contributed by atoms with E-state index < -0.39 is 54.4 Å². The van der Waals surface area contributed by atoms with E-state index >= 15 is 0 Å². The number of hydrogen-bond acceptors (Lipinski definition) is 16. The quantitative estimate of drug-likeness (QED) is 0.0291. The fourth-order valence-electron chi connectivity index (χ4n) is 11.2. The first-order chi connectivity index (χ1) is 41.9. The molecule has 87 heavy (non-hydrogen) atoms. The molecule has 0 bridgehead atoms. The maximum Gasteiger partial charge on any atom is 0.416 e. The van der Waals surface area contributed by atoms with E-state index in [0.717, 1.165) is 28.9 Å². The molecule has 1 spiro atoms. The molecule has 23 heteroatoms. The molecule has 4 heterocycles. The van der Waals surface area contributed by atoms with Crippen molar-refractivity contribution in [3.05, 3.63) is 127 Å². The molecule has 5 aliphatic rings. The summed E-state index contributed by atoms with van der Waals surface area (Å²) in [5.74, 6) is -0.269. The number of alkyl carbamates (subject to hydrolysis) is 1. The molecule has 4 aromatic carbocycles. The summed E-state index contributed by atoms with van der Waals surface area (Å²) in [6.45, 7) is 12.9. The Balaban J connectivity index is 0.829. The maximum absolute atomic E-state index is 14.4. The van der Waals surface area contributed by atoms with Crippen molar-refractivity contribution < 1.29 is 76.6 Å². The van der Waals surface area contributed by atoms with E-state index in [2.05, 4.69) is 29.1 Å². The second kappa shape index (κ2) is 27.4. The van der Waals surface area contributed by atoms with E-state index in [9.17, 15) is 38.7 Å². The number of carbonyl (C=O) groups excluding carboxylic acids is 7. The van der Waals surface area contributed by atoms with E-state index in [1.165, 1.54) is 50.3 Å². The van der Waals surface area contributed by atoms with Crippen LogP contribution in [0.2, 0.25) is 0 Å². The lowest BCUT2D eigenvalue weighted by molar-refractivity contribution is -0.128. The number of nitrogens with one attached hydrogen (secondary N) is 3. The average molecular weight is 1200 g/mol. The molecule has 4 aliphatic heterocycles. The fourth-order valence-corrected chi connectivity index (χ4v) is 11.2. The van der Waals surface area contributed by atoms with Gasteiger partial charge in [-0.05, 0) is 116 Å². The lowest BCUT2D eigenvalue weighted by atomic mass is 10.0. The number of rotatable bonds is 24. The smallest absolute Gasteiger partial charge is 0.416 e. The number of unbranched alkanes of at least 4 members (excludes halogenated alkanes) is 2. The summed E-state index contributed by atoms with van der Waals surface area (Å²) in [7, 11) is 4.53. The summed E-state index contributed by atoms with van der Waals surface area (Å²) in [6, 6.07) is 17.3. The predicted molar refractivity (Wildman–Crippen MR) is 321 cm³/mol. The van der Waals surface area contributed by atoms with Crippen LogP contribution in [-0.4, -0.2) is 148 Å². The van der Waals surface area contributed by atoms with Gasteiger partial charge < -0.3 is 68.8 Å². The van der Waals surface area contributed by atoms with Gasteiger partial charge in [0.05, 0.1) is 75.7 Å². The average Bonchev–Trinajstić information content (AvgIpc) is 1.67. The van der Waals surface area contributed by atoms with E-state index in [4.69, 9.17) is 37.9 Å². The zero-order valence-corrected chi connectivity index (χ0v) is 49.8. The van der Waals surface area contributed by atoms with Gasteiger partial charge in [-0.3, -0.25) is 24.1 Å². The van der Waals surface area contributed by atoms with Crippen LogP contribution >= 0.6 is 0 Å². The molecule has 0 radical (unpaired) electrons. The monoisotopic (exact) mass is 1200 g/mol. The Morgan fingerprint density at radius 2 is 1.36 bits per heavy atom. The minimum Gasteiger partial charge on any atom is -0.497 e. The summed E-state index contributed by atoms with van der Waals surface area (Å²) in [6.07, 6.45) is 5.42. The van der Waals surface area contributed by atoms with Crippen LogP contribution in [0.15, 0.2) is 104 Å². The van der Waals surface area contributed by atoms with Crippen LogP contribution in [0.3, 0.4) is 0 Å². The van der Waals surface area contributed by atoms with Gasteiger partial charge in [0.2, 0.25) is 11.8 Å². The number of carbonyl (C=O) groups is 7. The summed E-state index contributed by atoms with van der Waals surface area (Å²) >= 11 is 0. The van der Waals surface area contributed by atoms with Gasteiger partial charge in [0.15, 0.2) is 29.2 Å². The van der Waals surface area contributed by atoms with Gasteiger partial charge in [-0.25, -0.2) is 19.3 Å². The maximum atomic E-state index is 14.4. The zero-order valence-electron chi connectivity index (χ0n) is 49.8. The number of anilines is 3. The molecule has 23 nitrogen and oxygen atoms in total. The van der Waals surface area contributed by atoms with Crippen molar-refractivity contribution in [2.45, 2.75) is 103 Å². The van der Waals surface area contributed by atoms with E-state index in [-0.39, 0.29) is 97.1 Å². The number of methoxy groups -OCH3 is 3. The second-order valence-electron chi connectivity index (χ2n) is 22.4. The highest BCUT2D eigenvalue weighted by atomic mass is 16.6. The highest BCUT2D eigenvalue weighted by molar-refractivity contribution is 6.08. The minimum absolute atomic E-state index is 0.0297. The summed E-state index contributed by atoms with van der Waals surface area (Å²) < 4.78 is 45.7. The molecule has 9 rings (SSSR count). The lowest BCUT2D eigenvalue weighted by Crippen LogP contribution is -2.53. The van der Waals surface area contributed by atoms with Crippen LogP contribution in [-0.2, 0) is 30.4 Å². The number of ether oxygens (including phenoxy) is 8. The topological polar surface area (TPSA) is 263 Å². The van der Waals surface area contributed by atoms with Crippen molar-refractivity contribution in [3.8, 4) is 28.7 Å². The normalized spacial score (nSPS) is 18.5. The van der Waals surface area contributed by atoms with Gasteiger partial charge in [0, 0.05) is 30.6 Å². The molecule has 1 aliphatic carbocycles. The number of aliphatic hydroxyl groups excluding tert-OH is 1. The number of aliphatic hydroxyl groups is 1. The third kappa shape index (κ3) is 14.0. The lowest BCUT2D eigenvalue weighted by Gasteiger charge is -2.31. The van der Waals surface area contributed by atoms with Gasteiger partial charge in [0.1, 0.15) is 37.7 Å². The Labute approximate surface area is 505 Å². The SMILES string of the molecule is C=CCOC(=O)N[C@H](C(=O)N[C@@H](C)C(=O)Nc1ccc(COC(=O)N2c3cc(OCCCCCOc4cc5c(cc4OC)C(=O)N4C=C(c6ccc(OC)cc6)C[C@H]4CN5C(=O)OCC=C)c(OC)cc3C(=O)N3CC4(CC4)C[C@H]3C2O)cc1)C(C)C. The van der Waals surface area contributed by atoms with Crippen molar-refractivity contribution in [1.29, 1.82) is 0 Å². The van der Waals surface area contributed by atoms with Crippen molar-refractivity contribution in [2.75, 3.05) is 76.0 Å². The molecule has 1 unspecified atom stereocenters. The second-order valence-corrected chi connectivity index (χ2v) is 22.4. The van der Waals surface area contributed by atoms with Crippen LogP contribution in [0.4, 0.5) is 31.4 Å². The Bertz CT molecular complexity index is 3290.